The van der Waals surface area contributed by atoms with Crippen LogP contribution in [0.25, 0.3) is 0 Å². The third-order valence-corrected chi connectivity index (χ3v) is 7.40. The van der Waals surface area contributed by atoms with Crippen molar-refractivity contribution in [1.82, 2.24) is 4.90 Å². The van der Waals surface area contributed by atoms with Crippen LogP contribution in [0.4, 0.5) is 4.39 Å². The van der Waals surface area contributed by atoms with Gasteiger partial charge in [-0.25, -0.2) is 4.39 Å². The third kappa shape index (κ3) is 6.03. The Hall–Kier alpha value is -3.01. The summed E-state index contributed by atoms with van der Waals surface area (Å²) in [7, 11) is 0. The van der Waals surface area contributed by atoms with Crippen molar-refractivity contribution in [3.05, 3.63) is 71.0 Å². The zero-order valence-corrected chi connectivity index (χ0v) is 20.8. The number of hydrogen-bond donors (Lipinski definition) is 1. The number of hydrogen-bond acceptors (Lipinski definition) is 4. The Morgan fingerprint density at radius 2 is 1.75 bits per heavy atom. The molecule has 0 aromatic heterocycles. The molecular weight excluding hydrogens is 457 g/mol. The lowest BCUT2D eigenvalue weighted by molar-refractivity contribution is -0.151. The van der Waals surface area contributed by atoms with Gasteiger partial charge in [-0.3, -0.25) is 9.59 Å². The number of aliphatic hydroxyl groups excluding tert-OH is 1. The van der Waals surface area contributed by atoms with Crippen LogP contribution >= 0.6 is 0 Å². The van der Waals surface area contributed by atoms with Crippen LogP contribution in [0.3, 0.4) is 0 Å². The second-order valence-corrected chi connectivity index (χ2v) is 9.64. The van der Waals surface area contributed by atoms with Crippen molar-refractivity contribution in [2.24, 2.45) is 5.92 Å². The number of nitrogens with zero attached hydrogens (tertiary/aromatic N) is 1. The molecule has 1 amide bonds. The van der Waals surface area contributed by atoms with E-state index in [1.165, 1.54) is 12.1 Å². The summed E-state index contributed by atoms with van der Waals surface area (Å²) in [4.78, 5) is 27.3. The van der Waals surface area contributed by atoms with Crippen LogP contribution in [0, 0.1) is 23.6 Å². The molecule has 190 valence electrons. The molecule has 1 N–H and O–H groups in total. The van der Waals surface area contributed by atoms with Gasteiger partial charge in [0.05, 0.1) is 12.6 Å². The van der Waals surface area contributed by atoms with Gasteiger partial charge in [0.2, 0.25) is 5.91 Å². The molecule has 2 aliphatic heterocycles. The van der Waals surface area contributed by atoms with Crippen LogP contribution < -0.4 is 0 Å². The summed E-state index contributed by atoms with van der Waals surface area (Å²) in [5, 5.41) is 10.1. The maximum atomic E-state index is 13.4. The minimum Gasteiger partial charge on any atom is -0.394 e. The second kappa shape index (κ2) is 12.3. The molecule has 2 saturated heterocycles. The lowest BCUT2D eigenvalue weighted by Gasteiger charge is -2.55. The number of likely N-dealkylation sites (tertiary alicyclic amines) is 1. The second-order valence-electron chi connectivity index (χ2n) is 9.64. The largest absolute Gasteiger partial charge is 0.394 e. The number of rotatable bonds is 8. The molecule has 2 aromatic rings. The summed E-state index contributed by atoms with van der Waals surface area (Å²) in [5.41, 5.74) is 2.50. The van der Waals surface area contributed by atoms with E-state index in [1.807, 2.05) is 29.2 Å². The maximum absolute atomic E-state index is 13.4. The van der Waals surface area contributed by atoms with Gasteiger partial charge in [-0.1, -0.05) is 37.0 Å². The number of halogens is 1. The summed E-state index contributed by atoms with van der Waals surface area (Å²) in [6.45, 7) is 3.23. The van der Waals surface area contributed by atoms with Crippen molar-refractivity contribution < 1.29 is 23.8 Å². The highest BCUT2D eigenvalue weighted by Gasteiger charge is 2.49. The van der Waals surface area contributed by atoms with Gasteiger partial charge in [-0.2, -0.15) is 0 Å². The Morgan fingerprint density at radius 3 is 2.42 bits per heavy atom. The Balaban J connectivity index is 1.35. The van der Waals surface area contributed by atoms with E-state index in [0.29, 0.717) is 38.0 Å². The molecule has 0 radical (unpaired) electrons. The van der Waals surface area contributed by atoms with E-state index < -0.39 is 0 Å². The van der Waals surface area contributed by atoms with E-state index in [0.717, 1.165) is 30.4 Å². The van der Waals surface area contributed by atoms with Crippen molar-refractivity contribution >= 4 is 11.7 Å². The highest BCUT2D eigenvalue weighted by atomic mass is 19.1. The monoisotopic (exact) mass is 491 g/mol. The lowest BCUT2D eigenvalue weighted by atomic mass is 9.73. The molecule has 6 heteroatoms. The fourth-order valence-electron chi connectivity index (χ4n) is 5.48. The topological polar surface area (TPSA) is 66.8 Å². The van der Waals surface area contributed by atoms with E-state index in [9.17, 15) is 19.1 Å². The minimum atomic E-state index is -0.312. The number of amides is 1. The smallest absolute Gasteiger partial charge is 0.223 e. The zero-order valence-electron chi connectivity index (χ0n) is 20.8. The Kier molecular flexibility index (Phi) is 8.90. The van der Waals surface area contributed by atoms with Gasteiger partial charge < -0.3 is 14.7 Å². The van der Waals surface area contributed by atoms with Crippen LogP contribution in [0.5, 0.6) is 0 Å². The normalized spacial score (nSPS) is 21.9. The average molecular weight is 492 g/mol. The van der Waals surface area contributed by atoms with Crippen LogP contribution in [0.2, 0.25) is 0 Å². The molecule has 2 heterocycles. The molecule has 5 nitrogen and oxygen atoms in total. The number of carbonyl (C=O) groups excluding carboxylic acids is 2. The first-order chi connectivity index (χ1) is 17.5. The summed E-state index contributed by atoms with van der Waals surface area (Å²) in [5.74, 6) is 6.09. The van der Waals surface area contributed by atoms with Crippen molar-refractivity contribution in [3.8, 4) is 11.8 Å². The third-order valence-electron chi connectivity index (χ3n) is 7.40. The van der Waals surface area contributed by atoms with Crippen molar-refractivity contribution in [2.45, 2.75) is 63.5 Å². The van der Waals surface area contributed by atoms with Crippen molar-refractivity contribution in [1.29, 1.82) is 0 Å². The Morgan fingerprint density at radius 1 is 1.03 bits per heavy atom. The van der Waals surface area contributed by atoms with E-state index in [2.05, 4.69) is 18.8 Å². The predicted octanol–water partition coefficient (Wildman–Crippen LogP) is 4.46. The SMILES string of the molecule is CC[C@@H]1[C@@H](c2ccc(C#Cc3cccc(F)c3)cc2)[C@@H](CO)N1C(=O)CCCC(=O)C1CCOCC1. The number of carbonyl (C=O) groups is 2. The number of ketones is 1. The summed E-state index contributed by atoms with van der Waals surface area (Å²) in [6, 6.07) is 13.8. The van der Waals surface area contributed by atoms with Gasteiger partial charge in [0.25, 0.3) is 0 Å². The quantitative estimate of drug-likeness (QED) is 0.554. The minimum absolute atomic E-state index is 0.00880. The number of Topliss-reactive ketones (excluding diaryl/α,β-unsaturated/α-hetero) is 1. The van der Waals surface area contributed by atoms with Gasteiger partial charge in [-0.15, -0.1) is 0 Å². The Labute approximate surface area is 212 Å². The number of benzene rings is 2. The average Bonchev–Trinajstić information content (AvgIpc) is 2.88. The molecule has 36 heavy (non-hydrogen) atoms. The van der Waals surface area contributed by atoms with Gasteiger partial charge in [0.1, 0.15) is 11.6 Å². The van der Waals surface area contributed by atoms with Crippen molar-refractivity contribution in [3.63, 3.8) is 0 Å². The molecule has 0 bridgehead atoms. The summed E-state index contributed by atoms with van der Waals surface area (Å²) >= 11 is 0. The maximum Gasteiger partial charge on any atom is 0.223 e. The molecule has 0 spiro atoms. The number of ether oxygens (including phenoxy) is 1. The van der Waals surface area contributed by atoms with Crippen molar-refractivity contribution in [2.75, 3.05) is 19.8 Å². The van der Waals surface area contributed by atoms with Crippen LogP contribution in [-0.2, 0) is 14.3 Å². The van der Waals surface area contributed by atoms with Gasteiger partial charge >= 0.3 is 0 Å². The zero-order chi connectivity index (χ0) is 25.5. The molecular formula is C30H34FNO4. The number of aliphatic hydroxyl groups is 1. The highest BCUT2D eigenvalue weighted by Crippen LogP contribution is 2.42. The molecule has 0 saturated carbocycles. The molecule has 0 aliphatic carbocycles. The standard InChI is InChI=1S/C30H34FNO4/c1-2-26-30(24-13-11-21(12-14-24)9-10-22-5-3-6-25(31)19-22)27(20-33)32(26)29(35)8-4-7-28(34)23-15-17-36-18-16-23/h3,5-6,11-14,19,23,26-27,30,33H,2,4,7-8,15-18,20H2,1H3/t26-,27-,30-/m1/s1. The van der Waals surface area contributed by atoms with Crippen LogP contribution in [0.15, 0.2) is 48.5 Å². The van der Waals surface area contributed by atoms with Crippen LogP contribution in [-0.4, -0.2) is 53.6 Å². The Bertz CT molecular complexity index is 1100. The fraction of sp³-hybridized carbons (Fsp3) is 0.467. The first-order valence-corrected chi connectivity index (χ1v) is 12.9. The molecule has 2 aromatic carbocycles. The first-order valence-electron chi connectivity index (χ1n) is 12.9. The fourth-order valence-corrected chi connectivity index (χ4v) is 5.48. The molecule has 3 atom stereocenters. The van der Waals surface area contributed by atoms with E-state index in [1.54, 1.807) is 12.1 Å². The van der Waals surface area contributed by atoms with E-state index in [4.69, 9.17) is 4.74 Å². The highest BCUT2D eigenvalue weighted by molar-refractivity contribution is 5.83. The van der Waals surface area contributed by atoms with E-state index in [-0.39, 0.29) is 48.0 Å². The molecule has 0 unspecified atom stereocenters. The first kappa shape index (κ1) is 26.1. The van der Waals surface area contributed by atoms with Crippen LogP contribution in [0.1, 0.15) is 68.1 Å². The summed E-state index contributed by atoms with van der Waals surface area (Å²) in [6.07, 6.45) is 3.63. The predicted molar refractivity (Wildman–Crippen MR) is 136 cm³/mol. The van der Waals surface area contributed by atoms with Gasteiger partial charge in [-0.05, 0) is 61.6 Å². The molecule has 2 aliphatic rings. The van der Waals surface area contributed by atoms with Gasteiger partial charge in [0.15, 0.2) is 0 Å². The molecule has 2 fully saturated rings. The van der Waals surface area contributed by atoms with Gasteiger partial charge in [0, 0.05) is 55.1 Å². The lowest BCUT2D eigenvalue weighted by Crippen LogP contribution is -2.65. The van der Waals surface area contributed by atoms with E-state index >= 15 is 0 Å². The molecule has 4 rings (SSSR count). The summed E-state index contributed by atoms with van der Waals surface area (Å²) < 4.78 is 18.7.